The molecule has 0 spiro atoms. The van der Waals surface area contributed by atoms with Gasteiger partial charge in [0.2, 0.25) is 0 Å². The van der Waals surface area contributed by atoms with Crippen LogP contribution >= 0.6 is 0 Å². The first kappa shape index (κ1) is 9.99. The number of likely N-dealkylation sites (N-methyl/N-ethyl adjacent to an activating group) is 1. The summed E-state index contributed by atoms with van der Waals surface area (Å²) < 4.78 is 1.73. The molecule has 72 valence electrons. The molecule has 1 N–H and O–H groups in total. The van der Waals surface area contributed by atoms with Crippen molar-refractivity contribution in [2.45, 2.75) is 26.4 Å². The Balaban J connectivity index is 2.87. The number of aromatic nitrogens is 1. The van der Waals surface area contributed by atoms with Gasteiger partial charge in [-0.25, -0.2) is 0 Å². The summed E-state index contributed by atoms with van der Waals surface area (Å²) in [5.41, 5.74) is 1.18. The Hall–Kier alpha value is -1.09. The maximum absolute atomic E-state index is 11.4. The second-order valence-electron chi connectivity index (χ2n) is 3.39. The lowest BCUT2D eigenvalue weighted by Crippen LogP contribution is -2.31. The highest BCUT2D eigenvalue weighted by Crippen LogP contribution is 1.93. The molecule has 1 aromatic rings. The lowest BCUT2D eigenvalue weighted by molar-refractivity contribution is 0.504. The average molecular weight is 180 g/mol. The van der Waals surface area contributed by atoms with E-state index in [-0.39, 0.29) is 5.56 Å². The van der Waals surface area contributed by atoms with Crippen LogP contribution in [0.4, 0.5) is 0 Å². The molecule has 1 rings (SSSR count). The van der Waals surface area contributed by atoms with Crippen LogP contribution in [0.15, 0.2) is 23.1 Å². The zero-order chi connectivity index (χ0) is 9.84. The molecule has 3 nitrogen and oxygen atoms in total. The van der Waals surface area contributed by atoms with Crippen LogP contribution in [0.2, 0.25) is 0 Å². The van der Waals surface area contributed by atoms with Gasteiger partial charge in [0, 0.05) is 24.8 Å². The molecule has 0 saturated heterocycles. The van der Waals surface area contributed by atoms with Crippen LogP contribution in [0.5, 0.6) is 0 Å². The van der Waals surface area contributed by atoms with Gasteiger partial charge in [-0.3, -0.25) is 4.79 Å². The third-order valence-electron chi connectivity index (χ3n) is 2.09. The van der Waals surface area contributed by atoms with Gasteiger partial charge in [0.15, 0.2) is 0 Å². The van der Waals surface area contributed by atoms with Crippen LogP contribution < -0.4 is 10.9 Å². The number of pyridine rings is 1. The monoisotopic (exact) mass is 180 g/mol. The van der Waals surface area contributed by atoms with E-state index >= 15 is 0 Å². The Morgan fingerprint density at radius 1 is 1.54 bits per heavy atom. The van der Waals surface area contributed by atoms with Gasteiger partial charge in [0.25, 0.3) is 5.56 Å². The van der Waals surface area contributed by atoms with Crippen LogP contribution in [-0.2, 0) is 6.54 Å². The Bertz CT molecular complexity index is 330. The lowest BCUT2D eigenvalue weighted by Gasteiger charge is -2.12. The number of hydrogen-bond donors (Lipinski definition) is 1. The van der Waals surface area contributed by atoms with Crippen LogP contribution in [0.3, 0.4) is 0 Å². The van der Waals surface area contributed by atoms with E-state index in [0.717, 1.165) is 12.1 Å². The van der Waals surface area contributed by atoms with E-state index in [1.54, 1.807) is 10.6 Å². The smallest absolute Gasteiger partial charge is 0.250 e. The summed E-state index contributed by atoms with van der Waals surface area (Å²) >= 11 is 0. The predicted octanol–water partition coefficient (Wildman–Crippen LogP) is 0.765. The Labute approximate surface area is 78.4 Å². The molecular formula is C10H16N2O. The van der Waals surface area contributed by atoms with E-state index in [0.29, 0.717) is 6.04 Å². The van der Waals surface area contributed by atoms with E-state index in [1.807, 2.05) is 26.2 Å². The van der Waals surface area contributed by atoms with Gasteiger partial charge < -0.3 is 9.88 Å². The zero-order valence-electron chi connectivity index (χ0n) is 8.37. The fourth-order valence-electron chi connectivity index (χ4n) is 1.18. The van der Waals surface area contributed by atoms with Gasteiger partial charge in [0.05, 0.1) is 0 Å². The summed E-state index contributed by atoms with van der Waals surface area (Å²) in [6.07, 6.45) is 1.89. The largest absolute Gasteiger partial charge is 0.315 e. The fraction of sp³-hybridized carbons (Fsp3) is 0.500. The van der Waals surface area contributed by atoms with Crippen molar-refractivity contribution >= 4 is 0 Å². The summed E-state index contributed by atoms with van der Waals surface area (Å²) in [6, 6.07) is 3.76. The summed E-state index contributed by atoms with van der Waals surface area (Å²) in [5, 5.41) is 3.10. The van der Waals surface area contributed by atoms with Gasteiger partial charge >= 0.3 is 0 Å². The molecule has 3 heteroatoms. The maximum Gasteiger partial charge on any atom is 0.250 e. The summed E-state index contributed by atoms with van der Waals surface area (Å²) in [7, 11) is 1.89. The zero-order valence-corrected chi connectivity index (χ0v) is 8.37. The SMILES string of the molecule is CNC(C)Cn1cc(C)ccc1=O. The van der Waals surface area contributed by atoms with Crippen LogP contribution in [-0.4, -0.2) is 17.7 Å². The van der Waals surface area contributed by atoms with Crippen molar-refractivity contribution in [3.63, 3.8) is 0 Å². The molecule has 0 aliphatic heterocycles. The Morgan fingerprint density at radius 3 is 2.85 bits per heavy atom. The maximum atomic E-state index is 11.4. The number of rotatable bonds is 3. The standard InChI is InChI=1S/C10H16N2O/c1-8-4-5-10(13)12(6-8)7-9(2)11-3/h4-6,9,11H,7H2,1-3H3. The summed E-state index contributed by atoms with van der Waals surface area (Å²) in [5.74, 6) is 0. The molecule has 0 bridgehead atoms. The summed E-state index contributed by atoms with van der Waals surface area (Å²) in [4.78, 5) is 11.4. The normalized spacial score (nSPS) is 12.8. The molecule has 0 amide bonds. The Morgan fingerprint density at radius 2 is 2.23 bits per heavy atom. The van der Waals surface area contributed by atoms with E-state index in [1.165, 1.54) is 0 Å². The first-order chi connectivity index (χ1) is 6.13. The topological polar surface area (TPSA) is 34.0 Å². The van der Waals surface area contributed by atoms with Crippen molar-refractivity contribution in [3.8, 4) is 0 Å². The first-order valence-electron chi connectivity index (χ1n) is 4.48. The van der Waals surface area contributed by atoms with E-state index in [4.69, 9.17) is 0 Å². The number of hydrogen-bond acceptors (Lipinski definition) is 2. The lowest BCUT2D eigenvalue weighted by atomic mass is 10.3. The molecule has 1 unspecified atom stereocenters. The molecular weight excluding hydrogens is 164 g/mol. The minimum absolute atomic E-state index is 0.0627. The third-order valence-corrected chi connectivity index (χ3v) is 2.09. The van der Waals surface area contributed by atoms with Gasteiger partial charge in [0.1, 0.15) is 0 Å². The van der Waals surface area contributed by atoms with Crippen LogP contribution in [0.1, 0.15) is 12.5 Å². The minimum Gasteiger partial charge on any atom is -0.315 e. The van der Waals surface area contributed by atoms with Gasteiger partial charge in [-0.1, -0.05) is 6.07 Å². The number of nitrogens with zero attached hydrogens (tertiary/aromatic N) is 1. The minimum atomic E-state index is 0.0627. The van der Waals surface area contributed by atoms with Crippen molar-refractivity contribution < 1.29 is 0 Å². The Kier molecular flexibility index (Phi) is 3.25. The second-order valence-corrected chi connectivity index (χ2v) is 3.39. The van der Waals surface area contributed by atoms with E-state index < -0.39 is 0 Å². The van der Waals surface area contributed by atoms with Crippen LogP contribution in [0, 0.1) is 6.92 Å². The van der Waals surface area contributed by atoms with Gasteiger partial charge in [-0.15, -0.1) is 0 Å². The molecule has 1 atom stereocenters. The third kappa shape index (κ3) is 2.70. The molecule has 0 radical (unpaired) electrons. The molecule has 0 aliphatic carbocycles. The second kappa shape index (κ2) is 4.23. The predicted molar refractivity (Wildman–Crippen MR) is 54.0 cm³/mol. The molecule has 1 heterocycles. The van der Waals surface area contributed by atoms with Crippen molar-refractivity contribution in [1.29, 1.82) is 0 Å². The number of nitrogens with one attached hydrogen (secondary N) is 1. The molecule has 0 aromatic carbocycles. The fourth-order valence-corrected chi connectivity index (χ4v) is 1.18. The summed E-state index contributed by atoms with van der Waals surface area (Å²) in [6.45, 7) is 4.76. The quantitative estimate of drug-likeness (QED) is 0.745. The van der Waals surface area contributed by atoms with Crippen molar-refractivity contribution in [3.05, 3.63) is 34.2 Å². The average Bonchev–Trinajstić information content (AvgIpc) is 2.11. The first-order valence-corrected chi connectivity index (χ1v) is 4.48. The van der Waals surface area contributed by atoms with Gasteiger partial charge in [-0.2, -0.15) is 0 Å². The molecule has 0 saturated carbocycles. The molecule has 13 heavy (non-hydrogen) atoms. The molecule has 0 aliphatic rings. The van der Waals surface area contributed by atoms with Crippen LogP contribution in [0.25, 0.3) is 0 Å². The molecule has 1 aromatic heterocycles. The van der Waals surface area contributed by atoms with Gasteiger partial charge in [-0.05, 0) is 26.5 Å². The highest BCUT2D eigenvalue weighted by Gasteiger charge is 2.00. The van der Waals surface area contributed by atoms with Crippen molar-refractivity contribution in [2.24, 2.45) is 0 Å². The molecule has 0 fully saturated rings. The van der Waals surface area contributed by atoms with E-state index in [9.17, 15) is 4.79 Å². The number of aryl methyl sites for hydroxylation is 1. The van der Waals surface area contributed by atoms with Crippen molar-refractivity contribution in [2.75, 3.05) is 7.05 Å². The highest BCUT2D eigenvalue weighted by atomic mass is 16.1. The highest BCUT2D eigenvalue weighted by molar-refractivity contribution is 5.07. The van der Waals surface area contributed by atoms with E-state index in [2.05, 4.69) is 12.2 Å². The van der Waals surface area contributed by atoms with Crippen molar-refractivity contribution in [1.82, 2.24) is 9.88 Å².